The maximum Gasteiger partial charge on any atom is 0.250 e. The molecule has 140 valence electrons. The van der Waals surface area contributed by atoms with E-state index in [9.17, 15) is 4.79 Å². The zero-order valence-corrected chi connectivity index (χ0v) is 15.5. The highest BCUT2D eigenvalue weighted by Crippen LogP contribution is 2.36. The van der Waals surface area contributed by atoms with Gasteiger partial charge in [-0.3, -0.25) is 4.79 Å². The van der Waals surface area contributed by atoms with E-state index in [1.54, 1.807) is 13.2 Å². The van der Waals surface area contributed by atoms with Gasteiger partial charge < -0.3 is 21.2 Å². The van der Waals surface area contributed by atoms with Crippen LogP contribution in [0.1, 0.15) is 15.9 Å². The molecule has 0 aliphatic rings. The van der Waals surface area contributed by atoms with Crippen molar-refractivity contribution >= 4 is 16.8 Å². The molecule has 0 aliphatic heterocycles. The minimum atomic E-state index is -0.470. The van der Waals surface area contributed by atoms with Crippen molar-refractivity contribution in [3.8, 4) is 28.1 Å². The first-order valence-corrected chi connectivity index (χ1v) is 9.00. The van der Waals surface area contributed by atoms with Crippen LogP contribution in [0.25, 0.3) is 33.3 Å². The highest BCUT2D eigenvalue weighted by molar-refractivity contribution is 6.10. The predicted molar refractivity (Wildman–Crippen MR) is 112 cm³/mol. The number of aromatic nitrogens is 1. The van der Waals surface area contributed by atoms with Crippen molar-refractivity contribution in [1.29, 1.82) is 0 Å². The number of carbonyl (C=O) groups is 1. The highest BCUT2D eigenvalue weighted by atomic mass is 16.5. The molecule has 4 rings (SSSR count). The van der Waals surface area contributed by atoms with Gasteiger partial charge in [-0.15, -0.1) is 0 Å². The standard InChI is InChI=1S/C23H21N3O2/c1-28-16-7-4-6-14(11-16)21-12-20-18(17-8-3-2-5-15(17)13-24)9-10-19(23(25)27)22(20)26-21/h2-12,26H,13,24H2,1H3,(H2,25,27). The van der Waals surface area contributed by atoms with Gasteiger partial charge in [-0.1, -0.05) is 42.5 Å². The first-order chi connectivity index (χ1) is 13.6. The number of benzene rings is 3. The number of methoxy groups -OCH3 is 1. The number of aromatic amines is 1. The van der Waals surface area contributed by atoms with Gasteiger partial charge in [0.1, 0.15) is 5.75 Å². The summed E-state index contributed by atoms with van der Waals surface area (Å²) in [6.45, 7) is 0.433. The molecule has 0 fully saturated rings. The van der Waals surface area contributed by atoms with Crippen LogP contribution in [0.2, 0.25) is 0 Å². The number of amides is 1. The summed E-state index contributed by atoms with van der Waals surface area (Å²) in [4.78, 5) is 15.4. The first-order valence-electron chi connectivity index (χ1n) is 9.00. The van der Waals surface area contributed by atoms with Crippen LogP contribution in [0.5, 0.6) is 5.75 Å². The van der Waals surface area contributed by atoms with Gasteiger partial charge >= 0.3 is 0 Å². The van der Waals surface area contributed by atoms with Crippen molar-refractivity contribution in [2.75, 3.05) is 7.11 Å². The van der Waals surface area contributed by atoms with E-state index in [1.165, 1.54) is 0 Å². The third kappa shape index (κ3) is 3.02. The van der Waals surface area contributed by atoms with Crippen LogP contribution in [-0.4, -0.2) is 18.0 Å². The summed E-state index contributed by atoms with van der Waals surface area (Å²) in [7, 11) is 1.64. The van der Waals surface area contributed by atoms with Gasteiger partial charge in [-0.2, -0.15) is 0 Å². The Kier molecular flexibility index (Phi) is 4.59. The Labute approximate surface area is 162 Å². The van der Waals surface area contributed by atoms with Crippen LogP contribution >= 0.6 is 0 Å². The van der Waals surface area contributed by atoms with E-state index in [-0.39, 0.29) is 0 Å². The fourth-order valence-electron chi connectivity index (χ4n) is 3.57. The minimum Gasteiger partial charge on any atom is -0.497 e. The molecular formula is C23H21N3O2. The Balaban J connectivity index is 1.99. The average Bonchev–Trinajstić information content (AvgIpc) is 3.18. The second-order valence-electron chi connectivity index (χ2n) is 6.59. The van der Waals surface area contributed by atoms with E-state index in [0.29, 0.717) is 12.1 Å². The number of primary amides is 1. The summed E-state index contributed by atoms with van der Waals surface area (Å²) in [6.07, 6.45) is 0. The summed E-state index contributed by atoms with van der Waals surface area (Å²) in [5, 5.41) is 0.926. The minimum absolute atomic E-state index is 0.433. The van der Waals surface area contributed by atoms with E-state index < -0.39 is 5.91 Å². The van der Waals surface area contributed by atoms with E-state index in [0.717, 1.165) is 44.6 Å². The molecule has 28 heavy (non-hydrogen) atoms. The Morgan fingerprint density at radius 2 is 1.82 bits per heavy atom. The van der Waals surface area contributed by atoms with Crippen molar-refractivity contribution in [3.05, 3.63) is 77.9 Å². The molecule has 5 N–H and O–H groups in total. The van der Waals surface area contributed by atoms with Crippen LogP contribution in [0.3, 0.4) is 0 Å². The Bertz CT molecular complexity index is 1180. The number of ether oxygens (including phenoxy) is 1. The fraction of sp³-hybridized carbons (Fsp3) is 0.0870. The van der Waals surface area contributed by atoms with Crippen molar-refractivity contribution in [3.63, 3.8) is 0 Å². The monoisotopic (exact) mass is 371 g/mol. The Hall–Kier alpha value is -3.57. The van der Waals surface area contributed by atoms with Gasteiger partial charge in [0, 0.05) is 23.2 Å². The normalized spacial score (nSPS) is 10.9. The first kappa shape index (κ1) is 17.8. The van der Waals surface area contributed by atoms with Gasteiger partial charge in [-0.05, 0) is 41.0 Å². The summed E-state index contributed by atoms with van der Waals surface area (Å²) in [5.74, 6) is 0.294. The zero-order valence-electron chi connectivity index (χ0n) is 15.5. The van der Waals surface area contributed by atoms with Crippen LogP contribution < -0.4 is 16.2 Å². The molecule has 0 saturated heterocycles. The number of carbonyl (C=O) groups excluding carboxylic acids is 1. The summed E-state index contributed by atoms with van der Waals surface area (Å²) in [5.41, 5.74) is 17.7. The van der Waals surface area contributed by atoms with Crippen LogP contribution in [0.15, 0.2) is 66.7 Å². The van der Waals surface area contributed by atoms with E-state index >= 15 is 0 Å². The van der Waals surface area contributed by atoms with Crippen molar-refractivity contribution in [1.82, 2.24) is 4.98 Å². The topological polar surface area (TPSA) is 94.1 Å². The molecule has 0 aliphatic carbocycles. The maximum atomic E-state index is 12.0. The zero-order chi connectivity index (χ0) is 19.7. The lowest BCUT2D eigenvalue weighted by atomic mass is 9.95. The predicted octanol–water partition coefficient (Wildman–Crippen LogP) is 4.07. The number of H-pyrrole nitrogens is 1. The van der Waals surface area contributed by atoms with Crippen molar-refractivity contribution in [2.45, 2.75) is 6.54 Å². The Morgan fingerprint density at radius 3 is 2.57 bits per heavy atom. The molecule has 4 aromatic rings. The second-order valence-corrected chi connectivity index (χ2v) is 6.59. The Morgan fingerprint density at radius 1 is 1.00 bits per heavy atom. The molecule has 5 heteroatoms. The molecule has 0 radical (unpaired) electrons. The lowest BCUT2D eigenvalue weighted by molar-refractivity contribution is 0.100. The lowest BCUT2D eigenvalue weighted by Gasteiger charge is -2.10. The number of rotatable bonds is 5. The van der Waals surface area contributed by atoms with Crippen LogP contribution in [0.4, 0.5) is 0 Å². The summed E-state index contributed by atoms with van der Waals surface area (Å²) < 4.78 is 5.33. The van der Waals surface area contributed by atoms with Crippen LogP contribution in [0, 0.1) is 0 Å². The van der Waals surface area contributed by atoms with E-state index in [2.05, 4.69) is 4.98 Å². The van der Waals surface area contributed by atoms with Gasteiger partial charge in [0.15, 0.2) is 0 Å². The number of nitrogens with one attached hydrogen (secondary N) is 1. The molecule has 3 aromatic carbocycles. The molecule has 1 amide bonds. The molecule has 0 bridgehead atoms. The quantitative estimate of drug-likeness (QED) is 0.494. The third-order valence-corrected chi connectivity index (χ3v) is 4.97. The van der Waals surface area contributed by atoms with E-state index in [1.807, 2.05) is 60.7 Å². The number of nitrogens with two attached hydrogens (primary N) is 2. The van der Waals surface area contributed by atoms with Crippen molar-refractivity contribution in [2.24, 2.45) is 11.5 Å². The highest BCUT2D eigenvalue weighted by Gasteiger charge is 2.16. The van der Waals surface area contributed by atoms with Gasteiger partial charge in [0.25, 0.3) is 5.91 Å². The second kappa shape index (κ2) is 7.21. The molecule has 0 saturated carbocycles. The fourth-order valence-corrected chi connectivity index (χ4v) is 3.57. The smallest absolute Gasteiger partial charge is 0.250 e. The third-order valence-electron chi connectivity index (χ3n) is 4.97. The van der Waals surface area contributed by atoms with Gasteiger partial charge in [0.05, 0.1) is 18.2 Å². The largest absolute Gasteiger partial charge is 0.497 e. The molecule has 0 spiro atoms. The molecule has 0 unspecified atom stereocenters. The van der Waals surface area contributed by atoms with Gasteiger partial charge in [0.2, 0.25) is 0 Å². The number of hydrogen-bond acceptors (Lipinski definition) is 3. The van der Waals surface area contributed by atoms with Crippen molar-refractivity contribution < 1.29 is 9.53 Å². The van der Waals surface area contributed by atoms with E-state index in [4.69, 9.17) is 16.2 Å². The number of hydrogen-bond donors (Lipinski definition) is 3. The average molecular weight is 371 g/mol. The maximum absolute atomic E-state index is 12.0. The summed E-state index contributed by atoms with van der Waals surface area (Å²) in [6, 6.07) is 21.5. The SMILES string of the molecule is COc1cccc(-c2cc3c(-c4ccccc4CN)ccc(C(N)=O)c3[nH]2)c1. The lowest BCUT2D eigenvalue weighted by Crippen LogP contribution is -2.11. The summed E-state index contributed by atoms with van der Waals surface area (Å²) >= 11 is 0. The molecule has 5 nitrogen and oxygen atoms in total. The molecule has 1 aromatic heterocycles. The molecule has 1 heterocycles. The van der Waals surface area contributed by atoms with Crippen LogP contribution in [-0.2, 0) is 6.54 Å². The van der Waals surface area contributed by atoms with Gasteiger partial charge in [-0.25, -0.2) is 0 Å². The molecular weight excluding hydrogens is 350 g/mol. The molecule has 0 atom stereocenters. The number of fused-ring (bicyclic) bond motifs is 1.